The SMILES string of the molecule is CC1=C(C)C([Si](c2ccccc2)(c2cc(C)cc(C)c2)c2cc(C)cc(C)c2)C(C)=C1C. The van der Waals surface area contributed by atoms with Crippen molar-refractivity contribution in [1.29, 1.82) is 0 Å². The number of rotatable bonds is 4. The van der Waals surface area contributed by atoms with Gasteiger partial charge in [-0.2, -0.15) is 0 Å². The van der Waals surface area contributed by atoms with Crippen LogP contribution < -0.4 is 15.6 Å². The van der Waals surface area contributed by atoms with Crippen LogP contribution >= 0.6 is 0 Å². The van der Waals surface area contributed by atoms with Gasteiger partial charge in [-0.1, -0.05) is 100 Å². The molecule has 0 aliphatic heterocycles. The van der Waals surface area contributed by atoms with E-state index in [4.69, 9.17) is 0 Å². The molecule has 1 aliphatic rings. The Morgan fingerprint density at radius 3 is 1.22 bits per heavy atom. The molecule has 3 aromatic rings. The van der Waals surface area contributed by atoms with Crippen molar-refractivity contribution in [3.8, 4) is 0 Å². The topological polar surface area (TPSA) is 0 Å². The molecule has 0 heterocycles. The van der Waals surface area contributed by atoms with Crippen molar-refractivity contribution < 1.29 is 0 Å². The van der Waals surface area contributed by atoms with Crippen LogP contribution in [0.2, 0.25) is 5.54 Å². The summed E-state index contributed by atoms with van der Waals surface area (Å²) in [7, 11) is -2.44. The molecule has 0 saturated carbocycles. The number of benzene rings is 3. The summed E-state index contributed by atoms with van der Waals surface area (Å²) in [6.45, 7) is 18.4. The van der Waals surface area contributed by atoms with Gasteiger partial charge in [0.2, 0.25) is 0 Å². The summed E-state index contributed by atoms with van der Waals surface area (Å²) in [5.41, 5.74) is 11.9. The predicted molar refractivity (Wildman–Crippen MR) is 143 cm³/mol. The second-order valence-corrected chi connectivity index (χ2v) is 13.9. The summed E-state index contributed by atoms with van der Waals surface area (Å²) < 4.78 is 0. The lowest BCUT2D eigenvalue weighted by molar-refractivity contribution is 1.09. The molecule has 0 N–H and O–H groups in total. The third-order valence-corrected chi connectivity index (χ3v) is 13.0. The number of hydrogen-bond acceptors (Lipinski definition) is 0. The molecule has 0 aromatic heterocycles. The summed E-state index contributed by atoms with van der Waals surface area (Å²) in [5, 5.41) is 4.55. The second kappa shape index (κ2) is 8.37. The minimum atomic E-state index is -2.44. The lowest BCUT2D eigenvalue weighted by atomic mass is 10.1. The molecule has 0 amide bonds. The van der Waals surface area contributed by atoms with E-state index in [0.717, 1.165) is 0 Å². The van der Waals surface area contributed by atoms with E-state index in [-0.39, 0.29) is 0 Å². The fourth-order valence-electron chi connectivity index (χ4n) is 6.10. The molecule has 0 spiro atoms. The highest BCUT2D eigenvalue weighted by Gasteiger charge is 2.50. The summed E-state index contributed by atoms with van der Waals surface area (Å²) in [4.78, 5) is 0. The molecule has 0 nitrogen and oxygen atoms in total. The van der Waals surface area contributed by atoms with Gasteiger partial charge in [0.15, 0.2) is 8.07 Å². The molecule has 4 rings (SSSR count). The second-order valence-electron chi connectivity index (χ2n) is 9.98. The monoisotopic (exact) mass is 436 g/mol. The highest BCUT2D eigenvalue weighted by atomic mass is 28.3. The van der Waals surface area contributed by atoms with Gasteiger partial charge in [0, 0.05) is 5.54 Å². The Hall–Kier alpha value is -2.64. The van der Waals surface area contributed by atoms with E-state index >= 15 is 0 Å². The van der Waals surface area contributed by atoms with Gasteiger partial charge in [-0.15, -0.1) is 0 Å². The lowest BCUT2D eigenvalue weighted by Crippen LogP contribution is -2.70. The van der Waals surface area contributed by atoms with Crippen molar-refractivity contribution in [2.45, 2.75) is 60.9 Å². The molecule has 0 atom stereocenters. The first-order valence-electron chi connectivity index (χ1n) is 11.7. The Morgan fingerprint density at radius 1 is 0.469 bits per heavy atom. The Morgan fingerprint density at radius 2 is 0.844 bits per heavy atom. The fraction of sp³-hybridized carbons (Fsp3) is 0.290. The molecule has 0 unspecified atom stereocenters. The van der Waals surface area contributed by atoms with Crippen LogP contribution in [0.3, 0.4) is 0 Å². The smallest absolute Gasteiger partial charge is 0.0647 e. The summed E-state index contributed by atoms with van der Waals surface area (Å²) >= 11 is 0. The fourth-order valence-corrected chi connectivity index (χ4v) is 12.4. The number of hydrogen-bond donors (Lipinski definition) is 0. The van der Waals surface area contributed by atoms with Crippen molar-refractivity contribution in [2.75, 3.05) is 0 Å². The van der Waals surface area contributed by atoms with Crippen molar-refractivity contribution in [3.05, 3.63) is 111 Å². The standard InChI is InChI=1S/C31H36Si/c1-20-14-21(2)17-29(16-20)32(28-12-10-9-11-13-28,30-18-22(3)15-23(4)19-30)31-26(7)24(5)25(6)27(31)8/h9-19,31H,1-8H3. The molecule has 1 aliphatic carbocycles. The average Bonchev–Trinajstić information content (AvgIpc) is 2.92. The first-order chi connectivity index (χ1) is 15.2. The normalized spacial score (nSPS) is 15.1. The van der Waals surface area contributed by atoms with E-state index in [9.17, 15) is 0 Å². The first-order valence-corrected chi connectivity index (χ1v) is 13.8. The maximum atomic E-state index is 2.48. The Bertz CT molecular complexity index is 1120. The zero-order valence-corrected chi connectivity index (χ0v) is 21.9. The molecule has 32 heavy (non-hydrogen) atoms. The van der Waals surface area contributed by atoms with Gasteiger partial charge < -0.3 is 0 Å². The molecule has 0 radical (unpaired) electrons. The molecule has 164 valence electrons. The van der Waals surface area contributed by atoms with E-state index in [1.807, 2.05) is 0 Å². The molecule has 3 aromatic carbocycles. The maximum absolute atomic E-state index is 2.48. The Balaban J connectivity index is 2.23. The highest BCUT2D eigenvalue weighted by molar-refractivity contribution is 7.13. The van der Waals surface area contributed by atoms with Crippen molar-refractivity contribution in [3.63, 3.8) is 0 Å². The quantitative estimate of drug-likeness (QED) is 0.326. The zero-order chi connectivity index (χ0) is 23.2. The van der Waals surface area contributed by atoms with Gasteiger partial charge in [-0.25, -0.2) is 0 Å². The molecule has 0 bridgehead atoms. The molecule has 0 saturated heterocycles. The predicted octanol–water partition coefficient (Wildman–Crippen LogP) is 6.45. The van der Waals surface area contributed by atoms with Gasteiger partial charge in [0.25, 0.3) is 0 Å². The van der Waals surface area contributed by atoms with Gasteiger partial charge in [-0.05, 0) is 82.1 Å². The number of aryl methyl sites for hydroxylation is 4. The van der Waals surface area contributed by atoms with Gasteiger partial charge >= 0.3 is 0 Å². The van der Waals surface area contributed by atoms with E-state index < -0.39 is 8.07 Å². The van der Waals surface area contributed by atoms with E-state index in [1.54, 1.807) is 11.1 Å². The Labute approximate surface area is 195 Å². The molecular formula is C31H36Si. The minimum Gasteiger partial charge on any atom is -0.0647 e. The summed E-state index contributed by atoms with van der Waals surface area (Å²) in [6.07, 6.45) is 0. The third-order valence-electron chi connectivity index (χ3n) is 7.63. The molecule has 1 heteroatoms. The van der Waals surface area contributed by atoms with Crippen LogP contribution in [0, 0.1) is 27.7 Å². The number of allylic oxidation sites excluding steroid dienone is 4. The van der Waals surface area contributed by atoms with Crippen LogP contribution in [0.4, 0.5) is 0 Å². The molecular weight excluding hydrogens is 400 g/mol. The first kappa shape index (κ1) is 22.5. The van der Waals surface area contributed by atoms with E-state index in [1.165, 1.54) is 49.0 Å². The average molecular weight is 437 g/mol. The van der Waals surface area contributed by atoms with Gasteiger partial charge in [0.05, 0.1) is 0 Å². The third kappa shape index (κ3) is 3.53. The largest absolute Gasteiger partial charge is 0.159 e. The zero-order valence-electron chi connectivity index (χ0n) is 20.9. The molecule has 0 fully saturated rings. The van der Waals surface area contributed by atoms with Crippen LogP contribution in [0.25, 0.3) is 0 Å². The van der Waals surface area contributed by atoms with Crippen LogP contribution in [0.1, 0.15) is 49.9 Å². The van der Waals surface area contributed by atoms with Crippen LogP contribution in [0.15, 0.2) is 89.0 Å². The summed E-state index contributed by atoms with van der Waals surface area (Å²) in [5.74, 6) is 0. The lowest BCUT2D eigenvalue weighted by Gasteiger charge is -2.41. The van der Waals surface area contributed by atoms with E-state index in [2.05, 4.69) is 122 Å². The summed E-state index contributed by atoms with van der Waals surface area (Å²) in [6, 6.07) is 25.9. The maximum Gasteiger partial charge on any atom is 0.159 e. The van der Waals surface area contributed by atoms with Crippen molar-refractivity contribution >= 4 is 23.6 Å². The van der Waals surface area contributed by atoms with Crippen molar-refractivity contribution in [2.24, 2.45) is 0 Å². The van der Waals surface area contributed by atoms with Crippen LogP contribution in [-0.2, 0) is 0 Å². The van der Waals surface area contributed by atoms with Gasteiger partial charge in [0.1, 0.15) is 0 Å². The highest BCUT2D eigenvalue weighted by Crippen LogP contribution is 2.46. The van der Waals surface area contributed by atoms with Crippen molar-refractivity contribution in [1.82, 2.24) is 0 Å². The van der Waals surface area contributed by atoms with Gasteiger partial charge in [-0.3, -0.25) is 0 Å². The van der Waals surface area contributed by atoms with Crippen LogP contribution in [-0.4, -0.2) is 8.07 Å². The Kier molecular flexibility index (Phi) is 5.90. The minimum absolute atomic E-state index is 0.423. The van der Waals surface area contributed by atoms with E-state index in [0.29, 0.717) is 5.54 Å². The van der Waals surface area contributed by atoms with Crippen LogP contribution in [0.5, 0.6) is 0 Å².